The van der Waals surface area contributed by atoms with Gasteiger partial charge in [-0.2, -0.15) is 0 Å². The van der Waals surface area contributed by atoms with E-state index in [0.717, 1.165) is 70.6 Å². The van der Waals surface area contributed by atoms with Gasteiger partial charge in [0.05, 0.1) is 40.3 Å². The normalized spacial score (nSPS) is 12.9. The molecule has 0 rings (SSSR count). The van der Waals surface area contributed by atoms with Crippen LogP contribution in [-0.2, 0) is 33.3 Å². The highest BCUT2D eigenvalue weighted by molar-refractivity contribution is 5.70. The molecule has 0 radical (unpaired) electrons. The molecular formula is C76H141NO8. The lowest BCUT2D eigenvalue weighted by Crippen LogP contribution is -2.44. The summed E-state index contributed by atoms with van der Waals surface area (Å²) in [4.78, 5) is 37.5. The largest absolute Gasteiger partial charge is 0.545 e. The first kappa shape index (κ1) is 82.2. The Balaban J connectivity index is 3.98. The Kier molecular flexibility index (Phi) is 65.0. The van der Waals surface area contributed by atoms with E-state index in [1.54, 1.807) is 0 Å². The molecule has 0 amide bonds. The SMILES string of the molecule is CC/C=C\C/C=C\C/C=C\C/C=C\CCCCCCCCCCCCC(=O)OC(COC(=O)CCCCCCCCCCCCCCCCCCCCCCCCCCCCCCCCCCCCCCC)COC(OCC[N+](C)(C)C)C(=O)[O-]. The van der Waals surface area contributed by atoms with Gasteiger partial charge in [-0.15, -0.1) is 0 Å². The minimum absolute atomic E-state index is 0.147. The van der Waals surface area contributed by atoms with Crippen molar-refractivity contribution in [2.45, 2.75) is 373 Å². The number of carbonyl (C=O) groups is 3. The summed E-state index contributed by atoms with van der Waals surface area (Å²) in [6.07, 6.45) is 83.7. The lowest BCUT2D eigenvalue weighted by Gasteiger charge is -2.26. The molecule has 498 valence electrons. The maximum Gasteiger partial charge on any atom is 0.306 e. The molecule has 9 nitrogen and oxygen atoms in total. The summed E-state index contributed by atoms with van der Waals surface area (Å²) in [5, 5.41) is 11.8. The van der Waals surface area contributed by atoms with Gasteiger partial charge < -0.3 is 33.3 Å². The van der Waals surface area contributed by atoms with Gasteiger partial charge in [0.2, 0.25) is 0 Å². The van der Waals surface area contributed by atoms with Gasteiger partial charge in [-0.25, -0.2) is 0 Å². The van der Waals surface area contributed by atoms with Crippen LogP contribution in [0.15, 0.2) is 48.6 Å². The van der Waals surface area contributed by atoms with Crippen LogP contribution in [0.1, 0.15) is 361 Å². The van der Waals surface area contributed by atoms with Crippen LogP contribution in [0, 0.1) is 0 Å². The van der Waals surface area contributed by atoms with Crippen LogP contribution in [0.5, 0.6) is 0 Å². The van der Waals surface area contributed by atoms with E-state index in [0.29, 0.717) is 23.9 Å². The zero-order valence-corrected chi connectivity index (χ0v) is 57.0. The molecule has 0 heterocycles. The molecule has 0 bridgehead atoms. The van der Waals surface area contributed by atoms with Crippen LogP contribution in [0.25, 0.3) is 0 Å². The average Bonchev–Trinajstić information content (AvgIpc) is 3.49. The Hall–Kier alpha value is -2.75. The van der Waals surface area contributed by atoms with E-state index in [-0.39, 0.29) is 32.2 Å². The number of aliphatic carboxylic acids is 1. The molecule has 0 N–H and O–H groups in total. The zero-order valence-electron chi connectivity index (χ0n) is 57.0. The second-order valence-electron chi connectivity index (χ2n) is 26.2. The Morgan fingerprint density at radius 3 is 1.00 bits per heavy atom. The Bertz CT molecular complexity index is 1530. The lowest BCUT2D eigenvalue weighted by atomic mass is 10.0. The topological polar surface area (TPSA) is 111 Å². The molecule has 2 atom stereocenters. The highest BCUT2D eigenvalue weighted by atomic mass is 16.7. The third-order valence-electron chi connectivity index (χ3n) is 16.6. The highest BCUT2D eigenvalue weighted by Gasteiger charge is 2.22. The van der Waals surface area contributed by atoms with E-state index in [9.17, 15) is 19.5 Å². The minimum Gasteiger partial charge on any atom is -0.545 e. The van der Waals surface area contributed by atoms with Crippen LogP contribution in [0.4, 0.5) is 0 Å². The molecule has 0 aliphatic rings. The predicted octanol–water partition coefficient (Wildman–Crippen LogP) is 21.6. The van der Waals surface area contributed by atoms with Crippen molar-refractivity contribution in [2.75, 3.05) is 47.5 Å². The minimum atomic E-state index is -1.62. The molecule has 9 heteroatoms. The maximum absolute atomic E-state index is 12.9. The van der Waals surface area contributed by atoms with Crippen molar-refractivity contribution >= 4 is 17.9 Å². The zero-order chi connectivity index (χ0) is 61.9. The second kappa shape index (κ2) is 67.2. The number of unbranched alkanes of at least 4 members (excludes halogenated alkanes) is 46. The monoisotopic (exact) mass is 1200 g/mol. The first-order valence-electron chi connectivity index (χ1n) is 36.8. The number of carboxylic acids is 1. The quantitative estimate of drug-likeness (QED) is 0.0195. The van der Waals surface area contributed by atoms with Crippen LogP contribution in [0.3, 0.4) is 0 Å². The number of esters is 2. The molecule has 0 saturated heterocycles. The third-order valence-corrected chi connectivity index (χ3v) is 16.6. The van der Waals surface area contributed by atoms with Crippen molar-refractivity contribution in [1.29, 1.82) is 0 Å². The van der Waals surface area contributed by atoms with Gasteiger partial charge in [-0.1, -0.05) is 345 Å². The number of rotatable bonds is 69. The number of nitrogens with zero attached hydrogens (tertiary/aromatic N) is 1. The van der Waals surface area contributed by atoms with Crippen molar-refractivity contribution in [1.82, 2.24) is 0 Å². The first-order valence-corrected chi connectivity index (χ1v) is 36.8. The van der Waals surface area contributed by atoms with Gasteiger partial charge in [0.15, 0.2) is 12.4 Å². The van der Waals surface area contributed by atoms with Crippen molar-refractivity contribution in [3.63, 3.8) is 0 Å². The fourth-order valence-electron chi connectivity index (χ4n) is 11.0. The molecule has 0 aliphatic carbocycles. The van der Waals surface area contributed by atoms with Crippen LogP contribution in [-0.4, -0.2) is 82.3 Å². The van der Waals surface area contributed by atoms with E-state index in [4.69, 9.17) is 18.9 Å². The van der Waals surface area contributed by atoms with Crippen molar-refractivity contribution in [3.8, 4) is 0 Å². The molecule has 0 aromatic carbocycles. The summed E-state index contributed by atoms with van der Waals surface area (Å²) in [6, 6.07) is 0. The summed E-state index contributed by atoms with van der Waals surface area (Å²) in [5.74, 6) is -2.27. The smallest absolute Gasteiger partial charge is 0.306 e. The molecular weight excluding hydrogens is 1050 g/mol. The van der Waals surface area contributed by atoms with Crippen molar-refractivity contribution < 1.29 is 42.9 Å². The summed E-state index contributed by atoms with van der Waals surface area (Å²) >= 11 is 0. The van der Waals surface area contributed by atoms with Gasteiger partial charge in [0.1, 0.15) is 13.2 Å². The summed E-state index contributed by atoms with van der Waals surface area (Å²) in [5.41, 5.74) is 0. The van der Waals surface area contributed by atoms with Gasteiger partial charge in [0.25, 0.3) is 0 Å². The van der Waals surface area contributed by atoms with Crippen molar-refractivity contribution in [3.05, 3.63) is 48.6 Å². The number of ether oxygens (including phenoxy) is 4. The van der Waals surface area contributed by atoms with Crippen LogP contribution < -0.4 is 5.11 Å². The van der Waals surface area contributed by atoms with Gasteiger partial charge in [-0.05, 0) is 51.4 Å². The number of hydrogen-bond acceptors (Lipinski definition) is 8. The second-order valence-corrected chi connectivity index (χ2v) is 26.2. The highest BCUT2D eigenvalue weighted by Crippen LogP contribution is 2.19. The van der Waals surface area contributed by atoms with E-state index in [1.807, 2.05) is 21.1 Å². The fourth-order valence-corrected chi connectivity index (χ4v) is 11.0. The number of quaternary nitrogens is 1. The number of hydrogen-bond donors (Lipinski definition) is 0. The lowest BCUT2D eigenvalue weighted by molar-refractivity contribution is -0.870. The molecule has 0 fully saturated rings. The summed E-state index contributed by atoms with van der Waals surface area (Å²) in [7, 11) is 5.94. The van der Waals surface area contributed by atoms with Gasteiger partial charge in [0, 0.05) is 12.8 Å². The number of allylic oxidation sites excluding steroid dienone is 8. The average molecular weight is 1200 g/mol. The molecule has 0 spiro atoms. The predicted molar refractivity (Wildman–Crippen MR) is 362 cm³/mol. The van der Waals surface area contributed by atoms with Crippen molar-refractivity contribution in [2.24, 2.45) is 0 Å². The molecule has 85 heavy (non-hydrogen) atoms. The van der Waals surface area contributed by atoms with Gasteiger partial charge >= 0.3 is 11.9 Å². The molecule has 0 aliphatic heterocycles. The standard InChI is InChI=1S/C76H141NO8/c1-6-8-10-12-14-16-18-20-22-24-26-28-30-31-32-33-34-35-36-37-38-39-40-41-42-43-45-46-48-50-52-54-56-58-60-62-64-66-73(78)83-70-72(71-84-76(75(80)81)82-69-68-77(3,4)5)85-74(79)67-65-63-61-59-57-55-53-51-49-47-44-29-27-25-23-21-19-17-15-13-11-9-7-2/h9,11,15,17,21,23,27,29,72,76H,6-8,10,12-14,16,18-20,22,24-26,28,30-71H2,1-5H3/b11-9-,17-15-,23-21-,29-27-. The van der Waals surface area contributed by atoms with Crippen LogP contribution in [0.2, 0.25) is 0 Å². The Morgan fingerprint density at radius 2 is 0.671 bits per heavy atom. The summed E-state index contributed by atoms with van der Waals surface area (Å²) in [6.45, 7) is 4.69. The summed E-state index contributed by atoms with van der Waals surface area (Å²) < 4.78 is 22.8. The fraction of sp³-hybridized carbons (Fsp3) is 0.855. The van der Waals surface area contributed by atoms with Gasteiger partial charge in [-0.3, -0.25) is 9.59 Å². The molecule has 2 unspecified atom stereocenters. The van der Waals surface area contributed by atoms with E-state index in [1.165, 1.54) is 257 Å². The third kappa shape index (κ3) is 68.6. The van der Waals surface area contributed by atoms with E-state index in [2.05, 4.69) is 62.5 Å². The molecule has 0 aromatic heterocycles. The van der Waals surface area contributed by atoms with E-state index >= 15 is 0 Å². The number of carbonyl (C=O) groups excluding carboxylic acids is 3. The maximum atomic E-state index is 12.9. The number of carboxylic acid groups (broad SMARTS) is 1. The number of likely N-dealkylation sites (N-methyl/N-ethyl adjacent to an activating group) is 1. The Morgan fingerprint density at radius 1 is 0.365 bits per heavy atom. The van der Waals surface area contributed by atoms with Crippen LogP contribution >= 0.6 is 0 Å². The Labute approximate surface area is 527 Å². The first-order chi connectivity index (χ1) is 41.6. The molecule has 0 saturated carbocycles. The van der Waals surface area contributed by atoms with E-state index < -0.39 is 24.3 Å². The molecule has 0 aromatic rings.